The lowest BCUT2D eigenvalue weighted by molar-refractivity contribution is -0.137. The van der Waals surface area contributed by atoms with Gasteiger partial charge in [-0.1, -0.05) is 22.0 Å². The van der Waals surface area contributed by atoms with Gasteiger partial charge < -0.3 is 10.4 Å². The molecule has 6 heteroatoms. The summed E-state index contributed by atoms with van der Waals surface area (Å²) in [5.74, 6) is -1.03. The molecule has 2 N–H and O–H groups in total. The third-order valence-electron chi connectivity index (χ3n) is 2.23. The summed E-state index contributed by atoms with van der Waals surface area (Å²) in [6.45, 7) is 0.515. The molecule has 0 spiro atoms. The molecule has 0 radical (unpaired) electrons. The molecule has 0 aliphatic carbocycles. The van der Waals surface area contributed by atoms with E-state index in [2.05, 4.69) is 21.2 Å². The molecule has 1 amide bonds. The van der Waals surface area contributed by atoms with Crippen molar-refractivity contribution in [2.75, 3.05) is 25.5 Å². The summed E-state index contributed by atoms with van der Waals surface area (Å²) in [7, 11) is 1.71. The number of carbonyl (C=O) groups is 2. The summed E-state index contributed by atoms with van der Waals surface area (Å²) in [5.41, 5.74) is 0.709. The monoisotopic (exact) mass is 314 g/mol. The second-order valence-corrected chi connectivity index (χ2v) is 4.86. The summed E-state index contributed by atoms with van der Waals surface area (Å²) < 4.78 is 0.888. The molecule has 0 aliphatic rings. The van der Waals surface area contributed by atoms with Crippen molar-refractivity contribution in [3.8, 4) is 0 Å². The molecule has 5 nitrogen and oxygen atoms in total. The van der Waals surface area contributed by atoms with E-state index >= 15 is 0 Å². The van der Waals surface area contributed by atoms with Gasteiger partial charge in [0.1, 0.15) is 0 Å². The van der Waals surface area contributed by atoms with Crippen LogP contribution in [0, 0.1) is 0 Å². The number of hydrogen-bond acceptors (Lipinski definition) is 3. The predicted octanol–water partition coefficient (Wildman–Crippen LogP) is 1.79. The fourth-order valence-corrected chi connectivity index (χ4v) is 1.78. The van der Waals surface area contributed by atoms with Gasteiger partial charge in [0.2, 0.25) is 5.91 Å². The standard InChI is InChI=1S/C12H15BrN2O3/c1-15(6-5-12(17)18)8-11(16)14-10-4-2-3-9(13)7-10/h2-4,7H,5-6,8H2,1H3,(H,14,16)(H,17,18). The molecule has 0 fully saturated rings. The lowest BCUT2D eigenvalue weighted by atomic mass is 10.3. The second kappa shape index (κ2) is 7.13. The molecule has 0 saturated carbocycles. The first-order valence-electron chi connectivity index (χ1n) is 5.43. The Morgan fingerprint density at radius 1 is 1.44 bits per heavy atom. The van der Waals surface area contributed by atoms with Gasteiger partial charge in [0.05, 0.1) is 13.0 Å². The van der Waals surface area contributed by atoms with Crippen molar-refractivity contribution in [3.05, 3.63) is 28.7 Å². The lowest BCUT2D eigenvalue weighted by Crippen LogP contribution is -2.31. The maximum atomic E-state index is 11.7. The molecular weight excluding hydrogens is 300 g/mol. The second-order valence-electron chi connectivity index (χ2n) is 3.94. The van der Waals surface area contributed by atoms with Crippen molar-refractivity contribution >= 4 is 33.5 Å². The number of hydrogen-bond donors (Lipinski definition) is 2. The topological polar surface area (TPSA) is 69.6 Å². The normalized spacial score (nSPS) is 10.4. The highest BCUT2D eigenvalue weighted by atomic mass is 79.9. The number of benzene rings is 1. The van der Waals surface area contributed by atoms with Gasteiger partial charge in [-0.2, -0.15) is 0 Å². The van der Waals surface area contributed by atoms with Crippen LogP contribution >= 0.6 is 15.9 Å². The lowest BCUT2D eigenvalue weighted by Gasteiger charge is -2.15. The van der Waals surface area contributed by atoms with Crippen LogP contribution in [0.15, 0.2) is 28.7 Å². The van der Waals surface area contributed by atoms with Crippen LogP contribution in [0.4, 0.5) is 5.69 Å². The number of likely N-dealkylation sites (N-methyl/N-ethyl adjacent to an activating group) is 1. The third kappa shape index (κ3) is 5.79. The number of rotatable bonds is 6. The summed E-state index contributed by atoms with van der Waals surface area (Å²) in [5, 5.41) is 11.3. The molecule has 0 bridgehead atoms. The molecule has 0 aliphatic heterocycles. The largest absolute Gasteiger partial charge is 0.481 e. The fourth-order valence-electron chi connectivity index (χ4n) is 1.38. The summed E-state index contributed by atoms with van der Waals surface area (Å²) in [6.07, 6.45) is 0.0284. The van der Waals surface area contributed by atoms with Gasteiger partial charge in [0.15, 0.2) is 0 Å². The van der Waals surface area contributed by atoms with Crippen molar-refractivity contribution in [2.45, 2.75) is 6.42 Å². The fraction of sp³-hybridized carbons (Fsp3) is 0.333. The van der Waals surface area contributed by atoms with Gasteiger partial charge in [-0.3, -0.25) is 14.5 Å². The van der Waals surface area contributed by atoms with E-state index in [-0.39, 0.29) is 18.9 Å². The third-order valence-corrected chi connectivity index (χ3v) is 2.72. The summed E-state index contributed by atoms with van der Waals surface area (Å²) in [4.78, 5) is 23.7. The Morgan fingerprint density at radius 3 is 2.78 bits per heavy atom. The van der Waals surface area contributed by atoms with E-state index in [1.165, 1.54) is 0 Å². The van der Waals surface area contributed by atoms with Crippen LogP contribution in [-0.2, 0) is 9.59 Å². The quantitative estimate of drug-likeness (QED) is 0.840. The number of carbonyl (C=O) groups excluding carboxylic acids is 1. The zero-order valence-corrected chi connectivity index (χ0v) is 11.6. The Hall–Kier alpha value is -1.40. The molecule has 0 heterocycles. The first kappa shape index (κ1) is 14.7. The first-order chi connectivity index (χ1) is 8.47. The van der Waals surface area contributed by atoms with Crippen LogP contribution in [0.3, 0.4) is 0 Å². The molecule has 0 aromatic heterocycles. The van der Waals surface area contributed by atoms with E-state index in [0.717, 1.165) is 4.47 Å². The molecule has 1 aromatic rings. The molecule has 0 saturated heterocycles. The minimum atomic E-state index is -0.866. The highest BCUT2D eigenvalue weighted by Crippen LogP contribution is 2.15. The van der Waals surface area contributed by atoms with Crippen LogP contribution in [0.2, 0.25) is 0 Å². The maximum absolute atomic E-state index is 11.7. The Morgan fingerprint density at radius 2 is 2.17 bits per heavy atom. The van der Waals surface area contributed by atoms with E-state index < -0.39 is 5.97 Å². The van der Waals surface area contributed by atoms with E-state index in [1.54, 1.807) is 24.1 Å². The highest BCUT2D eigenvalue weighted by Gasteiger charge is 2.08. The van der Waals surface area contributed by atoms with Gasteiger partial charge in [-0.05, 0) is 25.2 Å². The number of aliphatic carboxylic acids is 1. The van der Waals surface area contributed by atoms with E-state index in [1.807, 2.05) is 12.1 Å². The zero-order valence-electron chi connectivity index (χ0n) is 10.0. The number of amides is 1. The van der Waals surface area contributed by atoms with Gasteiger partial charge in [-0.15, -0.1) is 0 Å². The SMILES string of the molecule is CN(CCC(=O)O)CC(=O)Nc1cccc(Br)c1. The number of nitrogens with one attached hydrogen (secondary N) is 1. The van der Waals surface area contributed by atoms with Crippen LogP contribution in [0.25, 0.3) is 0 Å². The van der Waals surface area contributed by atoms with Gasteiger partial charge in [-0.25, -0.2) is 0 Å². The van der Waals surface area contributed by atoms with Crippen molar-refractivity contribution in [1.29, 1.82) is 0 Å². The zero-order chi connectivity index (χ0) is 13.5. The Labute approximate surface area is 114 Å². The van der Waals surface area contributed by atoms with Crippen molar-refractivity contribution in [2.24, 2.45) is 0 Å². The number of halogens is 1. The van der Waals surface area contributed by atoms with Crippen molar-refractivity contribution < 1.29 is 14.7 Å². The average molecular weight is 315 g/mol. The van der Waals surface area contributed by atoms with E-state index in [0.29, 0.717) is 12.2 Å². The van der Waals surface area contributed by atoms with Crippen molar-refractivity contribution in [1.82, 2.24) is 4.90 Å². The van der Waals surface area contributed by atoms with Crippen LogP contribution < -0.4 is 5.32 Å². The molecule has 0 atom stereocenters. The predicted molar refractivity (Wildman–Crippen MR) is 72.5 cm³/mol. The summed E-state index contributed by atoms with van der Waals surface area (Å²) >= 11 is 3.32. The Balaban J connectivity index is 2.39. The highest BCUT2D eigenvalue weighted by molar-refractivity contribution is 9.10. The number of anilines is 1. The average Bonchev–Trinajstić information content (AvgIpc) is 2.26. The van der Waals surface area contributed by atoms with Crippen molar-refractivity contribution in [3.63, 3.8) is 0 Å². The first-order valence-corrected chi connectivity index (χ1v) is 6.22. The Bertz CT molecular complexity index is 437. The van der Waals surface area contributed by atoms with E-state index in [4.69, 9.17) is 5.11 Å². The maximum Gasteiger partial charge on any atom is 0.304 e. The number of nitrogens with zero attached hydrogens (tertiary/aromatic N) is 1. The molecule has 98 valence electrons. The van der Waals surface area contributed by atoms with Gasteiger partial charge in [0, 0.05) is 16.7 Å². The van der Waals surface area contributed by atoms with E-state index in [9.17, 15) is 9.59 Å². The summed E-state index contributed by atoms with van der Waals surface area (Å²) in [6, 6.07) is 7.29. The van der Waals surface area contributed by atoms with Crippen LogP contribution in [0.5, 0.6) is 0 Å². The Kier molecular flexibility index (Phi) is 5.80. The van der Waals surface area contributed by atoms with Crippen LogP contribution in [0.1, 0.15) is 6.42 Å². The van der Waals surface area contributed by atoms with Gasteiger partial charge in [0.25, 0.3) is 0 Å². The number of carboxylic acid groups (broad SMARTS) is 1. The molecular formula is C12H15BrN2O3. The smallest absolute Gasteiger partial charge is 0.304 e. The number of carboxylic acids is 1. The van der Waals surface area contributed by atoms with Gasteiger partial charge >= 0.3 is 5.97 Å². The van der Waals surface area contributed by atoms with Crippen LogP contribution in [-0.4, -0.2) is 42.0 Å². The molecule has 18 heavy (non-hydrogen) atoms. The minimum absolute atomic E-state index is 0.0284. The minimum Gasteiger partial charge on any atom is -0.481 e. The molecule has 1 aromatic carbocycles. The molecule has 1 rings (SSSR count). The molecule has 0 unspecified atom stereocenters.